The van der Waals surface area contributed by atoms with E-state index < -0.39 is 0 Å². The summed E-state index contributed by atoms with van der Waals surface area (Å²) in [6.45, 7) is 6.23. The first kappa shape index (κ1) is 19.2. The number of aromatic nitrogens is 4. The zero-order chi connectivity index (χ0) is 20.7. The first-order valence-electron chi connectivity index (χ1n) is 10.8. The number of amides is 2. The second-order valence-electron chi connectivity index (χ2n) is 8.17. The number of hydrogen-bond acceptors (Lipinski definition) is 7. The highest BCUT2D eigenvalue weighted by atomic mass is 16.5. The van der Waals surface area contributed by atoms with Gasteiger partial charge in [-0.15, -0.1) is 0 Å². The normalized spacial score (nSPS) is 22.0. The van der Waals surface area contributed by atoms with Gasteiger partial charge in [0.1, 0.15) is 6.33 Å². The minimum atomic E-state index is -0.105. The van der Waals surface area contributed by atoms with Crippen molar-refractivity contribution in [3.05, 3.63) is 12.2 Å². The van der Waals surface area contributed by atoms with Crippen LogP contribution in [0.25, 0.3) is 11.2 Å². The molecule has 2 aliphatic heterocycles. The molecule has 2 saturated heterocycles. The fraction of sp³-hybridized carbons (Fsp3) is 0.650. The maximum absolute atomic E-state index is 13.1. The zero-order valence-electron chi connectivity index (χ0n) is 17.2. The molecular weight excluding hydrogens is 386 g/mol. The molecular formula is C20H27N7O3. The Kier molecular flexibility index (Phi) is 5.01. The second-order valence-corrected chi connectivity index (χ2v) is 8.17. The highest BCUT2D eigenvalue weighted by Crippen LogP contribution is 2.32. The van der Waals surface area contributed by atoms with E-state index in [-0.39, 0.29) is 23.8 Å². The zero-order valence-corrected chi connectivity index (χ0v) is 17.2. The molecule has 4 heterocycles. The van der Waals surface area contributed by atoms with Crippen molar-refractivity contribution in [1.29, 1.82) is 0 Å². The van der Waals surface area contributed by atoms with E-state index in [0.717, 1.165) is 25.8 Å². The third-order valence-electron chi connectivity index (χ3n) is 6.11. The van der Waals surface area contributed by atoms with E-state index in [2.05, 4.69) is 20.3 Å². The summed E-state index contributed by atoms with van der Waals surface area (Å²) in [5.74, 6) is 1.42. The minimum absolute atomic E-state index is 0.105. The summed E-state index contributed by atoms with van der Waals surface area (Å²) in [6, 6.07) is 0.121. The topological polar surface area (TPSA) is 105 Å². The van der Waals surface area contributed by atoms with Gasteiger partial charge in [0.2, 0.25) is 11.7 Å². The molecule has 0 radical (unpaired) electrons. The molecule has 10 heteroatoms. The highest BCUT2D eigenvalue weighted by molar-refractivity contribution is 5.96. The van der Waals surface area contributed by atoms with Crippen LogP contribution in [0.3, 0.4) is 0 Å². The number of rotatable bonds is 5. The largest absolute Gasteiger partial charge is 0.378 e. The Balaban J connectivity index is 1.39. The van der Waals surface area contributed by atoms with E-state index in [1.807, 2.05) is 16.4 Å². The van der Waals surface area contributed by atoms with E-state index in [9.17, 15) is 9.59 Å². The summed E-state index contributed by atoms with van der Waals surface area (Å²) in [6.07, 6.45) is 4.42. The van der Waals surface area contributed by atoms with E-state index in [0.29, 0.717) is 62.2 Å². The second kappa shape index (κ2) is 7.82. The van der Waals surface area contributed by atoms with Crippen molar-refractivity contribution in [2.45, 2.75) is 38.8 Å². The summed E-state index contributed by atoms with van der Waals surface area (Å²) >= 11 is 0. The van der Waals surface area contributed by atoms with Crippen molar-refractivity contribution < 1.29 is 14.3 Å². The first-order valence-corrected chi connectivity index (χ1v) is 10.8. The number of imidazole rings is 1. The molecule has 2 amide bonds. The number of anilines is 1. The number of fused-ring (bicyclic) bond motifs is 1. The Labute approximate surface area is 174 Å². The predicted octanol–water partition coefficient (Wildman–Crippen LogP) is 0.741. The molecule has 1 saturated carbocycles. The number of likely N-dealkylation sites (tertiary alicyclic amines) is 1. The maximum atomic E-state index is 13.1. The van der Waals surface area contributed by atoms with Crippen molar-refractivity contribution in [1.82, 2.24) is 29.3 Å². The van der Waals surface area contributed by atoms with Gasteiger partial charge in [-0.25, -0.2) is 15.0 Å². The van der Waals surface area contributed by atoms with Crippen LogP contribution in [-0.2, 0) is 16.1 Å². The Morgan fingerprint density at radius 1 is 1.13 bits per heavy atom. The Morgan fingerprint density at radius 2 is 1.93 bits per heavy atom. The van der Waals surface area contributed by atoms with Gasteiger partial charge < -0.3 is 24.4 Å². The molecule has 1 aliphatic carbocycles. The lowest BCUT2D eigenvalue weighted by atomic mass is 10.2. The average molecular weight is 413 g/mol. The van der Waals surface area contributed by atoms with Gasteiger partial charge in [-0.3, -0.25) is 9.59 Å². The van der Waals surface area contributed by atoms with Crippen molar-refractivity contribution in [2.75, 3.05) is 44.7 Å². The highest BCUT2D eigenvalue weighted by Gasteiger charge is 2.37. The fourth-order valence-electron chi connectivity index (χ4n) is 4.27. The summed E-state index contributed by atoms with van der Waals surface area (Å²) < 4.78 is 7.20. The van der Waals surface area contributed by atoms with Crippen molar-refractivity contribution in [3.8, 4) is 0 Å². The number of nitrogens with zero attached hydrogens (tertiary/aromatic N) is 6. The van der Waals surface area contributed by atoms with E-state index in [4.69, 9.17) is 4.74 Å². The number of nitrogens with one attached hydrogen (secondary N) is 1. The van der Waals surface area contributed by atoms with Crippen LogP contribution < -0.4 is 5.32 Å². The van der Waals surface area contributed by atoms with Crippen molar-refractivity contribution in [3.63, 3.8) is 0 Å². The molecule has 10 nitrogen and oxygen atoms in total. The Hall–Kier alpha value is -2.75. The molecule has 160 valence electrons. The average Bonchev–Trinajstić information content (AvgIpc) is 3.41. The van der Waals surface area contributed by atoms with Crippen LogP contribution in [0.15, 0.2) is 6.33 Å². The van der Waals surface area contributed by atoms with E-state index >= 15 is 0 Å². The van der Waals surface area contributed by atoms with Crippen LogP contribution in [0.4, 0.5) is 5.82 Å². The molecule has 0 spiro atoms. The molecule has 2 aromatic rings. The SMILES string of the molecule is CCn1c(C(=O)N2CCOCC2)nc2c(N[C@H]3CCN(C(=O)C4CC4)C3)ncnc21. The van der Waals surface area contributed by atoms with E-state index in [1.54, 1.807) is 4.90 Å². The third kappa shape index (κ3) is 3.49. The number of ether oxygens (including phenoxy) is 1. The molecule has 1 N–H and O–H groups in total. The number of carbonyl (C=O) groups excluding carboxylic acids is 2. The number of aryl methyl sites for hydroxylation is 1. The minimum Gasteiger partial charge on any atom is -0.378 e. The summed E-state index contributed by atoms with van der Waals surface area (Å²) in [5, 5.41) is 3.45. The lowest BCUT2D eigenvalue weighted by Gasteiger charge is -2.26. The van der Waals surface area contributed by atoms with Gasteiger partial charge in [0.25, 0.3) is 5.91 Å². The number of hydrogen-bond donors (Lipinski definition) is 1. The lowest BCUT2D eigenvalue weighted by molar-refractivity contribution is -0.131. The van der Waals surface area contributed by atoms with Crippen LogP contribution in [0.1, 0.15) is 36.8 Å². The van der Waals surface area contributed by atoms with E-state index in [1.165, 1.54) is 6.33 Å². The maximum Gasteiger partial charge on any atom is 0.290 e. The molecule has 0 bridgehead atoms. The fourth-order valence-corrected chi connectivity index (χ4v) is 4.27. The first-order chi connectivity index (χ1) is 14.7. The quantitative estimate of drug-likeness (QED) is 0.771. The predicted molar refractivity (Wildman–Crippen MR) is 109 cm³/mol. The Bertz CT molecular complexity index is 965. The lowest BCUT2D eigenvalue weighted by Crippen LogP contribution is -2.41. The van der Waals surface area contributed by atoms with Crippen LogP contribution in [0, 0.1) is 5.92 Å². The number of morpholine rings is 1. The van der Waals surface area contributed by atoms with Gasteiger partial charge >= 0.3 is 0 Å². The van der Waals surface area contributed by atoms with Crippen LogP contribution in [-0.4, -0.2) is 86.6 Å². The molecule has 1 atom stereocenters. The van der Waals surface area contributed by atoms with Gasteiger partial charge in [0.15, 0.2) is 17.0 Å². The molecule has 5 rings (SSSR count). The molecule has 30 heavy (non-hydrogen) atoms. The van der Waals surface area contributed by atoms with Crippen molar-refractivity contribution >= 4 is 28.8 Å². The van der Waals surface area contributed by atoms with Crippen LogP contribution in [0.2, 0.25) is 0 Å². The van der Waals surface area contributed by atoms with Crippen molar-refractivity contribution in [2.24, 2.45) is 5.92 Å². The van der Waals surface area contributed by atoms with Gasteiger partial charge in [0, 0.05) is 44.7 Å². The number of carbonyl (C=O) groups is 2. The third-order valence-corrected chi connectivity index (χ3v) is 6.11. The molecule has 3 aliphatic rings. The van der Waals surface area contributed by atoms with Gasteiger partial charge in [-0.1, -0.05) is 0 Å². The summed E-state index contributed by atoms with van der Waals surface area (Å²) in [4.78, 5) is 42.6. The Morgan fingerprint density at radius 3 is 2.67 bits per heavy atom. The van der Waals surface area contributed by atoms with Gasteiger partial charge in [0.05, 0.1) is 13.2 Å². The molecule has 2 aromatic heterocycles. The molecule has 0 unspecified atom stereocenters. The smallest absolute Gasteiger partial charge is 0.290 e. The summed E-state index contributed by atoms with van der Waals surface area (Å²) in [7, 11) is 0. The van der Waals surface area contributed by atoms with Crippen LogP contribution in [0.5, 0.6) is 0 Å². The van der Waals surface area contributed by atoms with Gasteiger partial charge in [-0.05, 0) is 26.2 Å². The molecule has 0 aromatic carbocycles. The molecule has 3 fully saturated rings. The van der Waals surface area contributed by atoms with Crippen LogP contribution >= 0.6 is 0 Å². The monoisotopic (exact) mass is 413 g/mol. The summed E-state index contributed by atoms with van der Waals surface area (Å²) in [5.41, 5.74) is 1.25. The van der Waals surface area contributed by atoms with Gasteiger partial charge in [-0.2, -0.15) is 0 Å². The standard InChI is InChI=1S/C20H27N7O3/c1-2-27-17-15(24-18(27)20(29)25-7-9-30-10-8-25)16(21-12-22-17)23-14-5-6-26(11-14)19(28)13-3-4-13/h12-14H,2-11H2,1H3,(H,21,22,23)/t14-/m0/s1.